The summed E-state index contributed by atoms with van der Waals surface area (Å²) >= 11 is 0. The smallest absolute Gasteiger partial charge is 0.235 e. The molecule has 0 atom stereocenters. The number of anilines is 2. The molecule has 0 saturated carbocycles. The fourth-order valence-electron chi connectivity index (χ4n) is 4.55. The van der Waals surface area contributed by atoms with Crippen LogP contribution >= 0.6 is 0 Å². The second kappa shape index (κ2) is 9.96. The highest BCUT2D eigenvalue weighted by Crippen LogP contribution is 2.36. The molecule has 12 nitrogen and oxygen atoms in total. The van der Waals surface area contributed by atoms with Crippen molar-refractivity contribution in [2.45, 2.75) is 27.3 Å². The number of nitrogens with one attached hydrogen (secondary N) is 1. The van der Waals surface area contributed by atoms with Gasteiger partial charge in [-0.2, -0.15) is 9.61 Å². The van der Waals surface area contributed by atoms with Gasteiger partial charge in [0.05, 0.1) is 26.5 Å². The summed E-state index contributed by atoms with van der Waals surface area (Å²) in [6, 6.07) is 7.74. The number of methoxy groups -OCH3 is 2. The van der Waals surface area contributed by atoms with Crippen molar-refractivity contribution in [3.8, 4) is 22.6 Å². The molecule has 1 aliphatic heterocycles. The lowest BCUT2D eigenvalue weighted by Crippen LogP contribution is -2.48. The van der Waals surface area contributed by atoms with Gasteiger partial charge in [-0.05, 0) is 24.6 Å². The van der Waals surface area contributed by atoms with Gasteiger partial charge in [-0.3, -0.25) is 4.79 Å². The summed E-state index contributed by atoms with van der Waals surface area (Å²) < 4.78 is 18.3. The zero-order valence-corrected chi connectivity index (χ0v) is 21.6. The van der Waals surface area contributed by atoms with E-state index in [1.54, 1.807) is 32.6 Å². The monoisotopic (exact) mass is 506 g/mol. The molecule has 4 heterocycles. The van der Waals surface area contributed by atoms with Crippen LogP contribution in [0.25, 0.3) is 16.8 Å². The van der Waals surface area contributed by atoms with E-state index in [1.165, 1.54) is 0 Å². The van der Waals surface area contributed by atoms with Crippen LogP contribution in [0, 0.1) is 13.8 Å². The Morgan fingerprint density at radius 3 is 2.46 bits per heavy atom. The molecule has 1 saturated heterocycles. The molecule has 194 valence electrons. The van der Waals surface area contributed by atoms with E-state index in [1.807, 2.05) is 36.1 Å². The van der Waals surface area contributed by atoms with Crippen LogP contribution in [-0.2, 0) is 11.3 Å². The molecule has 0 unspecified atom stereocenters. The molecule has 1 fully saturated rings. The summed E-state index contributed by atoms with van der Waals surface area (Å²) in [4.78, 5) is 20.9. The Morgan fingerprint density at radius 2 is 1.81 bits per heavy atom. The third-order valence-corrected chi connectivity index (χ3v) is 6.46. The van der Waals surface area contributed by atoms with Gasteiger partial charge in [-0.25, -0.2) is 4.98 Å². The van der Waals surface area contributed by atoms with Gasteiger partial charge in [0, 0.05) is 51.7 Å². The Hall–Kier alpha value is -4.35. The maximum Gasteiger partial charge on any atom is 0.235 e. The van der Waals surface area contributed by atoms with Gasteiger partial charge in [-0.15, -0.1) is 10.2 Å². The zero-order valence-electron chi connectivity index (χ0n) is 21.6. The van der Waals surface area contributed by atoms with E-state index in [9.17, 15) is 4.79 Å². The van der Waals surface area contributed by atoms with Gasteiger partial charge in [0.25, 0.3) is 0 Å². The van der Waals surface area contributed by atoms with Crippen molar-refractivity contribution in [3.05, 3.63) is 41.7 Å². The molecule has 1 aliphatic rings. The van der Waals surface area contributed by atoms with E-state index < -0.39 is 0 Å². The van der Waals surface area contributed by atoms with Crippen molar-refractivity contribution >= 4 is 23.2 Å². The zero-order chi connectivity index (χ0) is 26.1. The molecular weight excluding hydrogens is 476 g/mol. The van der Waals surface area contributed by atoms with Crippen molar-refractivity contribution in [3.63, 3.8) is 0 Å². The van der Waals surface area contributed by atoms with Crippen molar-refractivity contribution < 1.29 is 18.7 Å². The van der Waals surface area contributed by atoms with Crippen LogP contribution in [0.2, 0.25) is 0 Å². The van der Waals surface area contributed by atoms with Crippen LogP contribution in [0.4, 0.5) is 11.6 Å². The van der Waals surface area contributed by atoms with Crippen molar-refractivity contribution in [1.82, 2.24) is 29.7 Å². The molecule has 0 spiro atoms. The number of carbonyl (C=O) groups excluding carboxylic acids is 1. The van der Waals surface area contributed by atoms with E-state index in [0.717, 1.165) is 28.5 Å². The molecule has 0 radical (unpaired) electrons. The Labute approximate surface area is 214 Å². The topological polar surface area (TPSA) is 123 Å². The molecule has 37 heavy (non-hydrogen) atoms. The van der Waals surface area contributed by atoms with E-state index in [0.29, 0.717) is 61.7 Å². The quantitative estimate of drug-likeness (QED) is 0.400. The number of carbonyl (C=O) groups is 1. The molecule has 1 aromatic carbocycles. The minimum atomic E-state index is 0.0856. The summed E-state index contributed by atoms with van der Waals surface area (Å²) in [6.45, 7) is 8.31. The first kappa shape index (κ1) is 24.3. The predicted octanol–water partition coefficient (Wildman–Crippen LogP) is 2.69. The van der Waals surface area contributed by atoms with Crippen LogP contribution in [0.3, 0.4) is 0 Å². The standard InChI is InChI=1S/C25H30N8O4/c1-15-24(18-6-7-19(35-4)20(12-18)36-5)25-27-22(32-10-8-31(9-11-32)17(3)34)13-21(33(25)30-15)26-14-23-29-28-16(2)37-23/h6-7,12-13,26H,8-11,14H2,1-5H3. The molecule has 0 bridgehead atoms. The van der Waals surface area contributed by atoms with Gasteiger partial charge in [0.15, 0.2) is 17.1 Å². The van der Waals surface area contributed by atoms with Crippen LogP contribution in [0.5, 0.6) is 11.5 Å². The van der Waals surface area contributed by atoms with Gasteiger partial charge >= 0.3 is 0 Å². The number of fused-ring (bicyclic) bond motifs is 1. The van der Waals surface area contributed by atoms with Crippen LogP contribution in [0.15, 0.2) is 28.7 Å². The summed E-state index contributed by atoms with van der Waals surface area (Å²) in [5, 5.41) is 16.2. The molecule has 0 aliphatic carbocycles. The normalized spacial score (nSPS) is 13.8. The Balaban J connectivity index is 1.59. The van der Waals surface area contributed by atoms with E-state index in [-0.39, 0.29) is 5.91 Å². The van der Waals surface area contributed by atoms with Gasteiger partial charge in [0.2, 0.25) is 17.7 Å². The molecule has 12 heteroatoms. The van der Waals surface area contributed by atoms with Crippen molar-refractivity contribution in [2.24, 2.45) is 0 Å². The average molecular weight is 507 g/mol. The second-order valence-electron chi connectivity index (χ2n) is 8.83. The summed E-state index contributed by atoms with van der Waals surface area (Å²) in [7, 11) is 3.23. The van der Waals surface area contributed by atoms with Gasteiger partial charge < -0.3 is 29.0 Å². The third kappa shape index (κ3) is 4.74. The highest BCUT2D eigenvalue weighted by atomic mass is 16.5. The predicted molar refractivity (Wildman–Crippen MR) is 137 cm³/mol. The van der Waals surface area contributed by atoms with E-state index in [2.05, 4.69) is 20.4 Å². The Morgan fingerprint density at radius 1 is 1.05 bits per heavy atom. The van der Waals surface area contributed by atoms with E-state index >= 15 is 0 Å². The lowest BCUT2D eigenvalue weighted by atomic mass is 10.1. The maximum atomic E-state index is 11.8. The summed E-state index contributed by atoms with van der Waals surface area (Å²) in [6.07, 6.45) is 0. The molecule has 5 rings (SSSR count). The first-order chi connectivity index (χ1) is 17.9. The van der Waals surface area contributed by atoms with Crippen LogP contribution < -0.4 is 19.7 Å². The number of rotatable bonds is 7. The first-order valence-corrected chi connectivity index (χ1v) is 12.0. The fourth-order valence-corrected chi connectivity index (χ4v) is 4.55. The number of aromatic nitrogens is 5. The number of nitrogens with zero attached hydrogens (tertiary/aromatic N) is 7. The van der Waals surface area contributed by atoms with Crippen molar-refractivity contribution in [2.75, 3.05) is 50.6 Å². The van der Waals surface area contributed by atoms with E-state index in [4.69, 9.17) is 24.0 Å². The molecule has 4 aromatic rings. The molecule has 1 N–H and O–H groups in total. The van der Waals surface area contributed by atoms with Crippen molar-refractivity contribution in [1.29, 1.82) is 0 Å². The average Bonchev–Trinajstić information content (AvgIpc) is 3.48. The first-order valence-electron chi connectivity index (χ1n) is 12.0. The minimum Gasteiger partial charge on any atom is -0.493 e. The lowest BCUT2D eigenvalue weighted by Gasteiger charge is -2.35. The van der Waals surface area contributed by atoms with Gasteiger partial charge in [0.1, 0.15) is 11.6 Å². The Kier molecular flexibility index (Phi) is 6.55. The SMILES string of the molecule is COc1ccc(-c2c(C)nn3c(NCc4nnc(C)o4)cc(N4CCN(C(C)=O)CC4)nc23)cc1OC. The minimum absolute atomic E-state index is 0.0856. The number of piperazine rings is 1. The molecule has 1 amide bonds. The number of aryl methyl sites for hydroxylation is 2. The number of hydrogen-bond donors (Lipinski definition) is 1. The highest BCUT2D eigenvalue weighted by Gasteiger charge is 2.24. The second-order valence-corrected chi connectivity index (χ2v) is 8.83. The van der Waals surface area contributed by atoms with Crippen LogP contribution in [0.1, 0.15) is 24.4 Å². The Bertz CT molecular complexity index is 1440. The molecule has 3 aromatic heterocycles. The largest absolute Gasteiger partial charge is 0.493 e. The maximum absolute atomic E-state index is 11.8. The highest BCUT2D eigenvalue weighted by molar-refractivity contribution is 5.83. The number of benzene rings is 1. The number of amides is 1. The third-order valence-electron chi connectivity index (χ3n) is 6.46. The number of ether oxygens (including phenoxy) is 2. The van der Waals surface area contributed by atoms with Gasteiger partial charge in [-0.1, -0.05) is 6.07 Å². The molecular formula is C25H30N8O4. The fraction of sp³-hybridized carbons (Fsp3) is 0.400. The number of hydrogen-bond acceptors (Lipinski definition) is 10. The van der Waals surface area contributed by atoms with Crippen LogP contribution in [-0.4, -0.2) is 76.0 Å². The lowest BCUT2D eigenvalue weighted by molar-refractivity contribution is -0.129. The summed E-state index contributed by atoms with van der Waals surface area (Å²) in [5.41, 5.74) is 3.31. The summed E-state index contributed by atoms with van der Waals surface area (Å²) in [5.74, 6) is 3.87.